The van der Waals surface area contributed by atoms with Crippen LogP contribution in [0.4, 0.5) is 0 Å². The topological polar surface area (TPSA) is 29.5 Å². The average Bonchev–Trinajstić information content (AvgIpc) is 2.76. The lowest BCUT2D eigenvalue weighted by Gasteiger charge is -2.16. The molecular weight excluding hydrogens is 212 g/mol. The highest BCUT2D eigenvalue weighted by molar-refractivity contribution is 5.30. The van der Waals surface area contributed by atoms with Crippen LogP contribution in [0.1, 0.15) is 36.0 Å². The van der Waals surface area contributed by atoms with Gasteiger partial charge in [0.1, 0.15) is 0 Å². The minimum atomic E-state index is -0.279. The second-order valence-electron chi connectivity index (χ2n) is 5.16. The molecule has 1 aromatic carbocycles. The van der Waals surface area contributed by atoms with Crippen LogP contribution in [-0.2, 0) is 11.2 Å². The third-order valence-corrected chi connectivity index (χ3v) is 3.52. The van der Waals surface area contributed by atoms with Crippen molar-refractivity contribution in [2.75, 3.05) is 6.61 Å². The highest BCUT2D eigenvalue weighted by Crippen LogP contribution is 2.20. The lowest BCUT2D eigenvalue weighted by atomic mass is 9.97. The van der Waals surface area contributed by atoms with E-state index < -0.39 is 0 Å². The molecule has 94 valence electrons. The minimum Gasteiger partial charge on any atom is -0.393 e. The van der Waals surface area contributed by atoms with Crippen molar-refractivity contribution >= 4 is 0 Å². The molecule has 1 aliphatic heterocycles. The van der Waals surface area contributed by atoms with Crippen LogP contribution >= 0.6 is 0 Å². The summed E-state index contributed by atoms with van der Waals surface area (Å²) in [6.07, 6.45) is 3.75. The lowest BCUT2D eigenvalue weighted by molar-refractivity contribution is 0.0540. The van der Waals surface area contributed by atoms with Gasteiger partial charge in [0.05, 0.1) is 12.2 Å². The molecule has 1 aromatic rings. The van der Waals surface area contributed by atoms with E-state index in [2.05, 4.69) is 32.0 Å². The Morgan fingerprint density at radius 2 is 2.24 bits per heavy atom. The summed E-state index contributed by atoms with van der Waals surface area (Å²) in [5.74, 6) is 0. The monoisotopic (exact) mass is 234 g/mol. The molecule has 1 heterocycles. The van der Waals surface area contributed by atoms with Gasteiger partial charge in [0.2, 0.25) is 0 Å². The van der Waals surface area contributed by atoms with Gasteiger partial charge in [-0.3, -0.25) is 0 Å². The zero-order valence-electron chi connectivity index (χ0n) is 10.8. The molecule has 17 heavy (non-hydrogen) atoms. The maximum atomic E-state index is 10.1. The fourth-order valence-electron chi connectivity index (χ4n) is 2.49. The van der Waals surface area contributed by atoms with Crippen LogP contribution in [0.25, 0.3) is 0 Å². The van der Waals surface area contributed by atoms with Gasteiger partial charge in [-0.15, -0.1) is 0 Å². The molecule has 0 bridgehead atoms. The quantitative estimate of drug-likeness (QED) is 0.868. The van der Waals surface area contributed by atoms with Crippen molar-refractivity contribution < 1.29 is 9.84 Å². The largest absolute Gasteiger partial charge is 0.393 e. The van der Waals surface area contributed by atoms with Gasteiger partial charge in [-0.2, -0.15) is 0 Å². The summed E-state index contributed by atoms with van der Waals surface area (Å²) < 4.78 is 5.56. The third-order valence-electron chi connectivity index (χ3n) is 3.52. The number of ether oxygens (including phenoxy) is 1. The van der Waals surface area contributed by atoms with Crippen molar-refractivity contribution in [2.24, 2.45) is 0 Å². The summed E-state index contributed by atoms with van der Waals surface area (Å²) in [7, 11) is 0. The Hall–Kier alpha value is -0.860. The molecule has 0 amide bonds. The van der Waals surface area contributed by atoms with E-state index in [9.17, 15) is 5.11 Å². The summed E-state index contributed by atoms with van der Waals surface area (Å²) in [5, 5.41) is 10.1. The molecular formula is C15H22O2. The SMILES string of the molecule is Cc1ccc(C)c(CC(O)CC2CCCO2)c1. The molecule has 2 nitrogen and oxygen atoms in total. The molecule has 2 rings (SSSR count). The molecule has 0 saturated carbocycles. The van der Waals surface area contributed by atoms with Gasteiger partial charge in [-0.25, -0.2) is 0 Å². The predicted molar refractivity (Wildman–Crippen MR) is 69.2 cm³/mol. The first-order chi connectivity index (χ1) is 8.15. The molecule has 0 aliphatic carbocycles. The fraction of sp³-hybridized carbons (Fsp3) is 0.600. The molecule has 0 radical (unpaired) electrons. The second-order valence-corrected chi connectivity index (χ2v) is 5.16. The first kappa shape index (κ1) is 12.6. The van der Waals surface area contributed by atoms with Gasteiger partial charge in [0, 0.05) is 6.61 Å². The maximum Gasteiger partial charge on any atom is 0.0605 e. The van der Waals surface area contributed by atoms with E-state index in [-0.39, 0.29) is 12.2 Å². The molecule has 2 unspecified atom stereocenters. The van der Waals surface area contributed by atoms with Crippen molar-refractivity contribution in [3.05, 3.63) is 34.9 Å². The van der Waals surface area contributed by atoms with Gasteiger partial charge in [0.25, 0.3) is 0 Å². The van der Waals surface area contributed by atoms with Crippen LogP contribution < -0.4 is 0 Å². The van der Waals surface area contributed by atoms with Crippen LogP contribution in [-0.4, -0.2) is 23.9 Å². The number of hydrogen-bond acceptors (Lipinski definition) is 2. The summed E-state index contributed by atoms with van der Waals surface area (Å²) in [4.78, 5) is 0. The smallest absolute Gasteiger partial charge is 0.0605 e. The standard InChI is InChI=1S/C15H22O2/c1-11-5-6-12(2)13(8-11)9-14(16)10-15-4-3-7-17-15/h5-6,8,14-16H,3-4,7,9-10H2,1-2H3. The Labute approximate surface area is 104 Å². The van der Waals surface area contributed by atoms with E-state index in [1.54, 1.807) is 0 Å². The first-order valence-electron chi connectivity index (χ1n) is 6.51. The van der Waals surface area contributed by atoms with Crippen LogP contribution in [0.5, 0.6) is 0 Å². The highest BCUT2D eigenvalue weighted by Gasteiger charge is 2.19. The molecule has 0 spiro atoms. The van der Waals surface area contributed by atoms with Crippen LogP contribution in [0.2, 0.25) is 0 Å². The molecule has 1 saturated heterocycles. The van der Waals surface area contributed by atoms with Crippen molar-refractivity contribution in [3.63, 3.8) is 0 Å². The number of hydrogen-bond donors (Lipinski definition) is 1. The Kier molecular flexibility index (Phi) is 4.19. The maximum absolute atomic E-state index is 10.1. The van der Waals surface area contributed by atoms with Gasteiger partial charge >= 0.3 is 0 Å². The van der Waals surface area contributed by atoms with Crippen LogP contribution in [0.3, 0.4) is 0 Å². The summed E-state index contributed by atoms with van der Waals surface area (Å²) in [6, 6.07) is 6.42. The van der Waals surface area contributed by atoms with Gasteiger partial charge < -0.3 is 9.84 Å². The third kappa shape index (κ3) is 3.55. The zero-order chi connectivity index (χ0) is 12.3. The van der Waals surface area contributed by atoms with E-state index in [1.165, 1.54) is 16.7 Å². The normalized spacial score (nSPS) is 21.7. The van der Waals surface area contributed by atoms with E-state index in [4.69, 9.17) is 4.74 Å². The summed E-state index contributed by atoms with van der Waals surface area (Å²) in [5.41, 5.74) is 3.78. The van der Waals surface area contributed by atoms with E-state index in [0.29, 0.717) is 0 Å². The van der Waals surface area contributed by atoms with Crippen LogP contribution in [0.15, 0.2) is 18.2 Å². The van der Waals surface area contributed by atoms with Crippen LogP contribution in [0, 0.1) is 13.8 Å². The first-order valence-corrected chi connectivity index (χ1v) is 6.51. The van der Waals surface area contributed by atoms with Crippen molar-refractivity contribution in [2.45, 2.75) is 51.7 Å². The molecule has 0 aromatic heterocycles. The Morgan fingerprint density at radius 1 is 1.41 bits per heavy atom. The van der Waals surface area contributed by atoms with Crippen molar-refractivity contribution in [1.29, 1.82) is 0 Å². The molecule has 2 heteroatoms. The van der Waals surface area contributed by atoms with E-state index in [0.717, 1.165) is 32.3 Å². The second kappa shape index (κ2) is 5.65. The Balaban J connectivity index is 1.92. The number of aliphatic hydroxyl groups is 1. The van der Waals surface area contributed by atoms with Crippen molar-refractivity contribution in [3.8, 4) is 0 Å². The number of benzene rings is 1. The van der Waals surface area contributed by atoms with Gasteiger partial charge in [-0.05, 0) is 50.7 Å². The highest BCUT2D eigenvalue weighted by atomic mass is 16.5. The number of aliphatic hydroxyl groups excluding tert-OH is 1. The van der Waals surface area contributed by atoms with E-state index in [1.807, 2.05) is 0 Å². The summed E-state index contributed by atoms with van der Waals surface area (Å²) >= 11 is 0. The Morgan fingerprint density at radius 3 is 2.94 bits per heavy atom. The lowest BCUT2D eigenvalue weighted by Crippen LogP contribution is -2.19. The molecule has 1 aliphatic rings. The predicted octanol–water partition coefficient (Wildman–Crippen LogP) is 2.78. The summed E-state index contributed by atoms with van der Waals surface area (Å²) in [6.45, 7) is 5.06. The number of aryl methyl sites for hydroxylation is 2. The number of rotatable bonds is 4. The minimum absolute atomic E-state index is 0.273. The molecule has 1 N–H and O–H groups in total. The molecule has 2 atom stereocenters. The fourth-order valence-corrected chi connectivity index (χ4v) is 2.49. The van der Waals surface area contributed by atoms with Gasteiger partial charge in [-0.1, -0.05) is 23.8 Å². The average molecular weight is 234 g/mol. The van der Waals surface area contributed by atoms with Crippen molar-refractivity contribution in [1.82, 2.24) is 0 Å². The zero-order valence-corrected chi connectivity index (χ0v) is 10.8. The van der Waals surface area contributed by atoms with E-state index >= 15 is 0 Å². The molecule has 1 fully saturated rings. The Bertz CT molecular complexity index is 367. The van der Waals surface area contributed by atoms with Gasteiger partial charge in [0.15, 0.2) is 0 Å².